The molecule has 1 heterocycles. The Balaban J connectivity index is 1.51. The smallest absolute Gasteiger partial charge is 0.273 e. The van der Waals surface area contributed by atoms with Crippen molar-refractivity contribution in [2.45, 2.75) is 0 Å². The molecular weight excluding hydrogens is 338 g/mol. The monoisotopic (exact) mass is 357 g/mol. The van der Waals surface area contributed by atoms with Crippen molar-refractivity contribution in [2.75, 3.05) is 43.1 Å². The van der Waals surface area contributed by atoms with Crippen LogP contribution in [0, 0.1) is 10.1 Å². The number of rotatable bonds is 6. The van der Waals surface area contributed by atoms with E-state index in [4.69, 9.17) is 9.47 Å². The van der Waals surface area contributed by atoms with Crippen molar-refractivity contribution in [3.63, 3.8) is 0 Å². The molecule has 1 fully saturated rings. The van der Waals surface area contributed by atoms with Gasteiger partial charge < -0.3 is 19.7 Å². The van der Waals surface area contributed by atoms with Crippen LogP contribution in [-0.2, 0) is 9.53 Å². The number of amides is 1. The number of benzene rings is 2. The molecule has 0 bridgehead atoms. The molecule has 0 aromatic heterocycles. The molecule has 0 radical (unpaired) electrons. The normalized spacial score (nSPS) is 13.9. The lowest BCUT2D eigenvalue weighted by molar-refractivity contribution is -0.384. The second-order valence-corrected chi connectivity index (χ2v) is 5.74. The summed E-state index contributed by atoms with van der Waals surface area (Å²) in [5, 5.41) is 13.5. The van der Waals surface area contributed by atoms with Crippen LogP contribution in [-0.4, -0.2) is 43.7 Å². The van der Waals surface area contributed by atoms with Crippen LogP contribution in [0.4, 0.5) is 17.1 Å². The number of ether oxygens (including phenoxy) is 2. The van der Waals surface area contributed by atoms with Crippen molar-refractivity contribution < 1.29 is 19.2 Å². The van der Waals surface area contributed by atoms with Gasteiger partial charge in [0.05, 0.1) is 24.2 Å². The van der Waals surface area contributed by atoms with Crippen LogP contribution in [0.15, 0.2) is 48.5 Å². The molecule has 0 spiro atoms. The second-order valence-electron chi connectivity index (χ2n) is 5.74. The van der Waals surface area contributed by atoms with Crippen LogP contribution in [0.25, 0.3) is 0 Å². The number of nitrogens with one attached hydrogen (secondary N) is 1. The fourth-order valence-corrected chi connectivity index (χ4v) is 2.61. The molecule has 0 unspecified atom stereocenters. The Kier molecular flexibility index (Phi) is 5.65. The number of carbonyl (C=O) groups is 1. The Bertz CT molecular complexity index is 773. The van der Waals surface area contributed by atoms with Crippen molar-refractivity contribution in [1.82, 2.24) is 0 Å². The Morgan fingerprint density at radius 2 is 1.92 bits per heavy atom. The van der Waals surface area contributed by atoms with E-state index in [0.29, 0.717) is 18.9 Å². The van der Waals surface area contributed by atoms with E-state index in [1.807, 2.05) is 24.3 Å². The largest absolute Gasteiger partial charge is 0.484 e. The van der Waals surface area contributed by atoms with Gasteiger partial charge >= 0.3 is 0 Å². The lowest BCUT2D eigenvalue weighted by Gasteiger charge is -2.28. The average Bonchev–Trinajstić information content (AvgIpc) is 2.68. The topological polar surface area (TPSA) is 93.9 Å². The summed E-state index contributed by atoms with van der Waals surface area (Å²) in [6.07, 6.45) is 0. The van der Waals surface area contributed by atoms with Gasteiger partial charge in [0, 0.05) is 30.5 Å². The van der Waals surface area contributed by atoms with Crippen LogP contribution in [0.1, 0.15) is 0 Å². The highest BCUT2D eigenvalue weighted by atomic mass is 16.6. The van der Waals surface area contributed by atoms with E-state index in [1.165, 1.54) is 18.2 Å². The molecule has 136 valence electrons. The number of non-ortho nitro benzene ring substituents is 1. The third-order valence-corrected chi connectivity index (χ3v) is 3.93. The summed E-state index contributed by atoms with van der Waals surface area (Å²) < 4.78 is 10.6. The highest BCUT2D eigenvalue weighted by Crippen LogP contribution is 2.20. The van der Waals surface area contributed by atoms with Gasteiger partial charge in [0.25, 0.3) is 11.6 Å². The molecule has 1 aliphatic rings. The summed E-state index contributed by atoms with van der Waals surface area (Å²) in [6, 6.07) is 13.3. The summed E-state index contributed by atoms with van der Waals surface area (Å²) in [7, 11) is 0. The Morgan fingerprint density at radius 3 is 2.62 bits per heavy atom. The van der Waals surface area contributed by atoms with Crippen LogP contribution < -0.4 is 15.0 Å². The Hall–Kier alpha value is -3.13. The number of nitrogens with zero attached hydrogens (tertiary/aromatic N) is 2. The third kappa shape index (κ3) is 4.70. The van der Waals surface area contributed by atoms with Crippen molar-refractivity contribution >= 4 is 23.0 Å². The van der Waals surface area contributed by atoms with E-state index in [0.717, 1.165) is 18.8 Å². The first-order valence-corrected chi connectivity index (χ1v) is 8.22. The standard InChI is InChI=1S/C18H19N3O5/c22-18(13-26-17-3-1-2-16(12-17)21(23)24)19-14-4-6-15(7-5-14)20-8-10-25-11-9-20/h1-7,12H,8-11,13H2,(H,19,22). The van der Waals surface area contributed by atoms with Gasteiger partial charge in [0.2, 0.25) is 0 Å². The van der Waals surface area contributed by atoms with E-state index in [1.54, 1.807) is 6.07 Å². The van der Waals surface area contributed by atoms with Crippen LogP contribution in [0.3, 0.4) is 0 Å². The zero-order valence-corrected chi connectivity index (χ0v) is 14.1. The lowest BCUT2D eigenvalue weighted by Crippen LogP contribution is -2.36. The maximum absolute atomic E-state index is 12.0. The first kappa shape index (κ1) is 17.7. The number of hydrogen-bond donors (Lipinski definition) is 1. The van der Waals surface area contributed by atoms with E-state index in [-0.39, 0.29) is 24.0 Å². The van der Waals surface area contributed by atoms with Gasteiger partial charge in [0.1, 0.15) is 5.75 Å². The highest BCUT2D eigenvalue weighted by Gasteiger charge is 2.12. The van der Waals surface area contributed by atoms with Gasteiger partial charge in [-0.3, -0.25) is 14.9 Å². The quantitative estimate of drug-likeness (QED) is 0.630. The molecule has 2 aromatic rings. The van der Waals surface area contributed by atoms with E-state index in [2.05, 4.69) is 10.2 Å². The van der Waals surface area contributed by atoms with E-state index in [9.17, 15) is 14.9 Å². The molecule has 26 heavy (non-hydrogen) atoms. The predicted octanol–water partition coefficient (Wildman–Crippen LogP) is 2.45. The summed E-state index contributed by atoms with van der Waals surface area (Å²) in [5.41, 5.74) is 1.66. The molecule has 0 aliphatic carbocycles. The van der Waals surface area contributed by atoms with Gasteiger partial charge in [-0.05, 0) is 30.3 Å². The lowest BCUT2D eigenvalue weighted by atomic mass is 10.2. The molecule has 8 nitrogen and oxygen atoms in total. The zero-order valence-electron chi connectivity index (χ0n) is 14.1. The maximum atomic E-state index is 12.0. The average molecular weight is 357 g/mol. The van der Waals surface area contributed by atoms with Crippen LogP contribution >= 0.6 is 0 Å². The molecule has 0 saturated carbocycles. The number of carbonyl (C=O) groups excluding carboxylic acids is 1. The summed E-state index contributed by atoms with van der Waals surface area (Å²) in [6.45, 7) is 2.90. The number of hydrogen-bond acceptors (Lipinski definition) is 6. The summed E-state index contributed by atoms with van der Waals surface area (Å²) in [4.78, 5) is 24.4. The molecule has 1 N–H and O–H groups in total. The number of nitro groups is 1. The van der Waals surface area contributed by atoms with Gasteiger partial charge in [-0.1, -0.05) is 6.07 Å². The third-order valence-electron chi connectivity index (χ3n) is 3.93. The number of nitro benzene ring substituents is 1. The molecular formula is C18H19N3O5. The molecule has 2 aromatic carbocycles. The van der Waals surface area contributed by atoms with Crippen molar-refractivity contribution in [3.8, 4) is 5.75 Å². The molecule has 1 aliphatic heterocycles. The van der Waals surface area contributed by atoms with Gasteiger partial charge in [-0.2, -0.15) is 0 Å². The second kappa shape index (κ2) is 8.30. The van der Waals surface area contributed by atoms with Crippen LogP contribution in [0.2, 0.25) is 0 Å². The predicted molar refractivity (Wildman–Crippen MR) is 96.7 cm³/mol. The zero-order chi connectivity index (χ0) is 18.4. The van der Waals surface area contributed by atoms with Crippen molar-refractivity contribution in [1.29, 1.82) is 0 Å². The van der Waals surface area contributed by atoms with Crippen molar-refractivity contribution in [3.05, 3.63) is 58.6 Å². The van der Waals surface area contributed by atoms with E-state index < -0.39 is 4.92 Å². The minimum Gasteiger partial charge on any atom is -0.484 e. The molecule has 0 atom stereocenters. The van der Waals surface area contributed by atoms with Crippen LogP contribution in [0.5, 0.6) is 5.75 Å². The molecule has 3 rings (SSSR count). The van der Waals surface area contributed by atoms with E-state index >= 15 is 0 Å². The number of morpholine rings is 1. The number of anilines is 2. The van der Waals surface area contributed by atoms with Gasteiger partial charge in [-0.25, -0.2) is 0 Å². The fourth-order valence-electron chi connectivity index (χ4n) is 2.61. The minimum absolute atomic E-state index is 0.0818. The summed E-state index contributed by atoms with van der Waals surface area (Å²) in [5.74, 6) is -0.0624. The molecule has 8 heteroatoms. The molecule has 1 amide bonds. The Morgan fingerprint density at radius 1 is 1.19 bits per heavy atom. The first-order chi connectivity index (χ1) is 12.6. The van der Waals surface area contributed by atoms with Gasteiger partial charge in [0.15, 0.2) is 6.61 Å². The summed E-state index contributed by atoms with van der Waals surface area (Å²) >= 11 is 0. The Labute approximate surface area is 150 Å². The highest BCUT2D eigenvalue weighted by molar-refractivity contribution is 5.92. The first-order valence-electron chi connectivity index (χ1n) is 8.22. The maximum Gasteiger partial charge on any atom is 0.273 e. The fraction of sp³-hybridized carbons (Fsp3) is 0.278. The van der Waals surface area contributed by atoms with Crippen molar-refractivity contribution in [2.24, 2.45) is 0 Å². The minimum atomic E-state index is -0.511. The SMILES string of the molecule is O=C(COc1cccc([N+](=O)[O-])c1)Nc1ccc(N2CCOCC2)cc1. The van der Waals surface area contributed by atoms with Gasteiger partial charge in [-0.15, -0.1) is 0 Å². The molecule has 1 saturated heterocycles.